The van der Waals surface area contributed by atoms with E-state index in [1.807, 2.05) is 0 Å². The van der Waals surface area contributed by atoms with E-state index in [1.54, 1.807) is 0 Å². The van der Waals surface area contributed by atoms with Crippen LogP contribution in [0.15, 0.2) is 218 Å². The lowest BCUT2D eigenvalue weighted by molar-refractivity contribution is 0.661. The summed E-state index contributed by atoms with van der Waals surface area (Å²) in [4.78, 5) is 0. The molecule has 61 heavy (non-hydrogen) atoms. The van der Waals surface area contributed by atoms with Crippen LogP contribution in [0.3, 0.4) is 0 Å². The summed E-state index contributed by atoms with van der Waals surface area (Å²) >= 11 is 0. The van der Waals surface area contributed by atoms with E-state index in [0.717, 1.165) is 0 Å². The van der Waals surface area contributed by atoms with Gasteiger partial charge in [0.25, 0.3) is 0 Å². The van der Waals surface area contributed by atoms with Crippen molar-refractivity contribution in [2.45, 2.75) is 19.3 Å². The van der Waals surface area contributed by atoms with Gasteiger partial charge in [-0.3, -0.25) is 0 Å². The first-order chi connectivity index (χ1) is 30.0. The van der Waals surface area contributed by atoms with Gasteiger partial charge < -0.3 is 0 Å². The Morgan fingerprint density at radius 3 is 1.39 bits per heavy atom. The molecular weight excluding hydrogens is 733 g/mol. The fourth-order valence-corrected chi connectivity index (χ4v) is 10.4. The Balaban J connectivity index is 1.20. The smallest absolute Gasteiger partial charge is 0.0159 e. The fourth-order valence-electron chi connectivity index (χ4n) is 10.4. The highest BCUT2D eigenvalue weighted by Crippen LogP contribution is 2.54. The van der Waals surface area contributed by atoms with Gasteiger partial charge in [-0.1, -0.05) is 208 Å². The normalized spacial score (nSPS) is 12.9. The molecular formula is C61H42. The van der Waals surface area contributed by atoms with Gasteiger partial charge in [-0.15, -0.1) is 0 Å². The second-order valence-electron chi connectivity index (χ2n) is 17.2. The number of hydrogen-bond donors (Lipinski definition) is 0. The van der Waals surface area contributed by atoms with Crippen LogP contribution in [0.25, 0.3) is 110 Å². The van der Waals surface area contributed by atoms with Gasteiger partial charge in [0.15, 0.2) is 0 Å². The van der Waals surface area contributed by atoms with Crippen molar-refractivity contribution in [2.75, 3.05) is 0 Å². The first-order valence-corrected chi connectivity index (χ1v) is 21.4. The lowest BCUT2D eigenvalue weighted by Crippen LogP contribution is -2.14. The van der Waals surface area contributed by atoms with Crippen molar-refractivity contribution >= 4 is 43.1 Å². The van der Waals surface area contributed by atoms with Crippen LogP contribution in [0.4, 0.5) is 0 Å². The maximum Gasteiger partial charge on any atom is 0.0159 e. The third-order valence-electron chi connectivity index (χ3n) is 13.5. The minimum absolute atomic E-state index is 0.146. The molecule has 11 aromatic rings. The molecule has 0 saturated heterocycles. The Hall–Kier alpha value is -7.54. The predicted molar refractivity (Wildman–Crippen MR) is 261 cm³/mol. The average Bonchev–Trinajstić information content (AvgIpc) is 3.55. The van der Waals surface area contributed by atoms with Crippen molar-refractivity contribution in [3.63, 3.8) is 0 Å². The third kappa shape index (κ3) is 5.60. The standard InChI is InChI=1S/C61H42/c1-61(2)57-24-14-13-23-50(57)53-37-55-56(38-58(53)61)60(44-31-27-42(28-32-44)40-17-7-4-8-18-40)54-36-46(52-35-45-19-9-10-20-47(45)48-21-11-12-22-49(48)52)33-34-51(54)59(55)43-29-25-41(26-30-43)39-15-5-3-6-16-39/h3-38H,1-2H3. The molecule has 0 fully saturated rings. The first-order valence-electron chi connectivity index (χ1n) is 21.4. The van der Waals surface area contributed by atoms with Gasteiger partial charge in [-0.25, -0.2) is 0 Å². The topological polar surface area (TPSA) is 0 Å². The van der Waals surface area contributed by atoms with Crippen LogP contribution >= 0.6 is 0 Å². The van der Waals surface area contributed by atoms with E-state index in [2.05, 4.69) is 232 Å². The van der Waals surface area contributed by atoms with Gasteiger partial charge in [0.05, 0.1) is 0 Å². The van der Waals surface area contributed by atoms with E-state index in [0.29, 0.717) is 0 Å². The molecule has 0 spiro atoms. The van der Waals surface area contributed by atoms with Gasteiger partial charge in [-0.2, -0.15) is 0 Å². The van der Waals surface area contributed by atoms with Crippen LogP contribution in [0.5, 0.6) is 0 Å². The molecule has 0 saturated carbocycles. The summed E-state index contributed by atoms with van der Waals surface area (Å²) in [5.41, 5.74) is 17.6. The number of rotatable bonds is 5. The van der Waals surface area contributed by atoms with Crippen LogP contribution < -0.4 is 0 Å². The molecule has 11 aromatic carbocycles. The van der Waals surface area contributed by atoms with Gasteiger partial charge >= 0.3 is 0 Å². The van der Waals surface area contributed by atoms with Crippen LogP contribution in [-0.4, -0.2) is 0 Å². The highest BCUT2D eigenvalue weighted by molar-refractivity contribution is 6.24. The summed E-state index contributed by atoms with van der Waals surface area (Å²) in [5.74, 6) is 0. The molecule has 0 amide bonds. The van der Waals surface area contributed by atoms with E-state index >= 15 is 0 Å². The van der Waals surface area contributed by atoms with Crippen molar-refractivity contribution < 1.29 is 0 Å². The van der Waals surface area contributed by atoms with E-state index < -0.39 is 0 Å². The lowest BCUT2D eigenvalue weighted by atomic mass is 9.79. The average molecular weight is 775 g/mol. The Morgan fingerprint density at radius 1 is 0.246 bits per heavy atom. The van der Waals surface area contributed by atoms with E-state index in [4.69, 9.17) is 0 Å². The molecule has 0 N–H and O–H groups in total. The molecule has 0 aliphatic heterocycles. The van der Waals surface area contributed by atoms with Gasteiger partial charge in [0.1, 0.15) is 0 Å². The summed E-state index contributed by atoms with van der Waals surface area (Å²) in [7, 11) is 0. The highest BCUT2D eigenvalue weighted by atomic mass is 14.4. The maximum atomic E-state index is 2.55. The van der Waals surface area contributed by atoms with Gasteiger partial charge in [0.2, 0.25) is 0 Å². The number of benzene rings is 11. The molecule has 0 bridgehead atoms. The number of hydrogen-bond acceptors (Lipinski definition) is 0. The predicted octanol–water partition coefficient (Wildman–Crippen LogP) is 16.9. The molecule has 0 aromatic heterocycles. The minimum atomic E-state index is -0.146. The third-order valence-corrected chi connectivity index (χ3v) is 13.5. The van der Waals surface area contributed by atoms with Crippen LogP contribution in [0.2, 0.25) is 0 Å². The maximum absolute atomic E-state index is 2.55. The van der Waals surface area contributed by atoms with Crippen LogP contribution in [0.1, 0.15) is 25.0 Å². The fraction of sp³-hybridized carbons (Fsp3) is 0.0492. The molecule has 286 valence electrons. The summed E-state index contributed by atoms with van der Waals surface area (Å²) in [6, 6.07) is 81.4. The van der Waals surface area contributed by atoms with Crippen LogP contribution in [0, 0.1) is 0 Å². The quantitative estimate of drug-likeness (QED) is 0.121. The zero-order chi connectivity index (χ0) is 40.7. The molecule has 0 heteroatoms. The minimum Gasteiger partial charge on any atom is -0.0622 e. The van der Waals surface area contributed by atoms with E-state index in [9.17, 15) is 0 Å². The molecule has 0 unspecified atom stereocenters. The summed E-state index contributed by atoms with van der Waals surface area (Å²) < 4.78 is 0. The summed E-state index contributed by atoms with van der Waals surface area (Å²) in [5, 5.41) is 10.1. The Kier molecular flexibility index (Phi) is 7.99. The number of fused-ring (bicyclic) bond motifs is 8. The molecule has 0 radical (unpaired) electrons. The summed E-state index contributed by atoms with van der Waals surface area (Å²) in [6.45, 7) is 4.79. The SMILES string of the molecule is CC1(C)c2ccccc2-c2cc3c(-c4ccc(-c5ccccc5)cc4)c4ccc(-c5cc6ccccc6c6ccccc56)cc4c(-c4ccc(-c5ccccc5)cc4)c3cc21. The molecule has 12 rings (SSSR count). The van der Waals surface area contributed by atoms with Gasteiger partial charge in [-0.05, 0) is 145 Å². The molecule has 0 atom stereocenters. The Bertz CT molecular complexity index is 3500. The van der Waals surface area contributed by atoms with Crippen LogP contribution in [-0.2, 0) is 5.41 Å². The molecule has 0 heterocycles. The van der Waals surface area contributed by atoms with E-state index in [-0.39, 0.29) is 5.41 Å². The second-order valence-corrected chi connectivity index (χ2v) is 17.2. The summed E-state index contributed by atoms with van der Waals surface area (Å²) in [6.07, 6.45) is 0. The monoisotopic (exact) mass is 774 g/mol. The lowest BCUT2D eigenvalue weighted by Gasteiger charge is -2.24. The van der Waals surface area contributed by atoms with Crippen molar-refractivity contribution in [3.8, 4) is 66.8 Å². The zero-order valence-corrected chi connectivity index (χ0v) is 34.3. The van der Waals surface area contributed by atoms with Gasteiger partial charge in [0, 0.05) is 5.41 Å². The highest BCUT2D eigenvalue weighted by Gasteiger charge is 2.36. The molecule has 1 aliphatic carbocycles. The molecule has 1 aliphatic rings. The van der Waals surface area contributed by atoms with Crippen molar-refractivity contribution in [2.24, 2.45) is 0 Å². The molecule has 0 nitrogen and oxygen atoms in total. The van der Waals surface area contributed by atoms with Crippen molar-refractivity contribution in [1.29, 1.82) is 0 Å². The largest absolute Gasteiger partial charge is 0.0622 e. The van der Waals surface area contributed by atoms with Crippen molar-refractivity contribution in [1.82, 2.24) is 0 Å². The second kappa shape index (κ2) is 13.8. The van der Waals surface area contributed by atoms with Crippen molar-refractivity contribution in [3.05, 3.63) is 230 Å². The first kappa shape index (κ1) is 35.4. The zero-order valence-electron chi connectivity index (χ0n) is 34.3. The Labute approximate surface area is 357 Å². The van der Waals surface area contributed by atoms with E-state index in [1.165, 1.54) is 121 Å². The Morgan fingerprint density at radius 2 is 0.721 bits per heavy atom.